The lowest BCUT2D eigenvalue weighted by atomic mass is 9.79. The Labute approximate surface area is 138 Å². The normalized spacial score (nSPS) is 36.1. The van der Waals surface area contributed by atoms with Crippen LogP contribution in [0.3, 0.4) is 0 Å². The molecular weight excluding hydrogens is 296 g/mol. The molecule has 0 radical (unpaired) electrons. The SMILES string of the molecule is CC(C)(C)OC(=O)NC1CCC2CC(N3CCCS3)CC2C1. The summed E-state index contributed by atoms with van der Waals surface area (Å²) >= 11 is 2.05. The third-order valence-corrected chi connectivity index (χ3v) is 6.48. The Morgan fingerprint density at radius 1 is 1.18 bits per heavy atom. The number of fused-ring (bicyclic) bond motifs is 1. The van der Waals surface area contributed by atoms with Crippen LogP contribution in [0.2, 0.25) is 0 Å². The zero-order valence-electron chi connectivity index (χ0n) is 14.1. The van der Waals surface area contributed by atoms with Gasteiger partial charge in [0, 0.05) is 24.4 Å². The van der Waals surface area contributed by atoms with Crippen LogP contribution in [0.5, 0.6) is 0 Å². The smallest absolute Gasteiger partial charge is 0.407 e. The summed E-state index contributed by atoms with van der Waals surface area (Å²) < 4.78 is 8.03. The van der Waals surface area contributed by atoms with E-state index in [1.807, 2.05) is 32.7 Å². The van der Waals surface area contributed by atoms with E-state index in [2.05, 4.69) is 9.62 Å². The molecule has 0 aromatic heterocycles. The summed E-state index contributed by atoms with van der Waals surface area (Å²) in [6.07, 6.45) is 7.31. The molecule has 3 aliphatic rings. The second kappa shape index (κ2) is 6.60. The highest BCUT2D eigenvalue weighted by molar-refractivity contribution is 7.97. The molecule has 5 heteroatoms. The summed E-state index contributed by atoms with van der Waals surface area (Å²) in [6, 6.07) is 1.09. The van der Waals surface area contributed by atoms with Gasteiger partial charge in [-0.25, -0.2) is 9.10 Å². The monoisotopic (exact) mass is 326 g/mol. The van der Waals surface area contributed by atoms with Gasteiger partial charge in [-0.2, -0.15) is 0 Å². The Kier molecular flexibility index (Phi) is 4.93. The van der Waals surface area contributed by atoms with E-state index in [1.165, 1.54) is 38.0 Å². The Morgan fingerprint density at radius 3 is 2.64 bits per heavy atom. The molecule has 1 heterocycles. The summed E-state index contributed by atoms with van der Waals surface area (Å²) in [5, 5.41) is 3.09. The number of carbonyl (C=O) groups excluding carboxylic acids is 1. The zero-order valence-corrected chi connectivity index (χ0v) is 15.0. The lowest BCUT2D eigenvalue weighted by Crippen LogP contribution is -2.42. The van der Waals surface area contributed by atoms with Crippen LogP contribution in [0.1, 0.15) is 59.3 Å². The lowest BCUT2D eigenvalue weighted by Gasteiger charge is -2.32. The molecule has 126 valence electrons. The van der Waals surface area contributed by atoms with Crippen LogP contribution in [-0.2, 0) is 4.74 Å². The van der Waals surface area contributed by atoms with E-state index in [0.717, 1.165) is 30.7 Å². The highest BCUT2D eigenvalue weighted by Gasteiger charge is 2.41. The molecule has 3 fully saturated rings. The van der Waals surface area contributed by atoms with Crippen LogP contribution in [0.15, 0.2) is 0 Å². The topological polar surface area (TPSA) is 41.6 Å². The van der Waals surface area contributed by atoms with E-state index >= 15 is 0 Å². The second-order valence-corrected chi connectivity index (χ2v) is 9.26. The largest absolute Gasteiger partial charge is 0.444 e. The third-order valence-electron chi connectivity index (χ3n) is 5.20. The Morgan fingerprint density at radius 2 is 1.95 bits per heavy atom. The van der Waals surface area contributed by atoms with Gasteiger partial charge in [0.05, 0.1) is 0 Å². The molecule has 22 heavy (non-hydrogen) atoms. The van der Waals surface area contributed by atoms with Crippen molar-refractivity contribution >= 4 is 18.0 Å². The number of hydrogen-bond acceptors (Lipinski definition) is 4. The van der Waals surface area contributed by atoms with Crippen molar-refractivity contribution in [3.8, 4) is 0 Å². The van der Waals surface area contributed by atoms with Gasteiger partial charge in [0.25, 0.3) is 0 Å². The van der Waals surface area contributed by atoms with E-state index in [1.54, 1.807) is 0 Å². The number of nitrogens with one attached hydrogen (secondary N) is 1. The lowest BCUT2D eigenvalue weighted by molar-refractivity contribution is 0.0476. The molecule has 4 atom stereocenters. The maximum Gasteiger partial charge on any atom is 0.407 e. The molecule has 1 aliphatic heterocycles. The number of nitrogens with zero attached hydrogens (tertiary/aromatic N) is 1. The molecule has 2 saturated carbocycles. The van der Waals surface area contributed by atoms with Crippen molar-refractivity contribution in [2.24, 2.45) is 11.8 Å². The fraction of sp³-hybridized carbons (Fsp3) is 0.941. The predicted octanol–water partition coefficient (Wildman–Crippen LogP) is 3.81. The molecule has 0 bridgehead atoms. The van der Waals surface area contributed by atoms with E-state index < -0.39 is 5.60 Å². The van der Waals surface area contributed by atoms with Gasteiger partial charge in [0.15, 0.2) is 0 Å². The average Bonchev–Trinajstić information content (AvgIpc) is 3.04. The summed E-state index contributed by atoms with van der Waals surface area (Å²) in [5.74, 6) is 2.97. The molecular formula is C17H30N2O2S. The summed E-state index contributed by atoms with van der Waals surface area (Å²) in [5.41, 5.74) is -0.410. The van der Waals surface area contributed by atoms with Gasteiger partial charge in [-0.1, -0.05) is 11.9 Å². The van der Waals surface area contributed by atoms with Crippen LogP contribution in [0.4, 0.5) is 4.79 Å². The number of amides is 1. The molecule has 2 aliphatic carbocycles. The quantitative estimate of drug-likeness (QED) is 0.784. The third kappa shape index (κ3) is 4.10. The first-order chi connectivity index (χ1) is 10.4. The molecule has 0 aromatic rings. The maximum absolute atomic E-state index is 11.9. The second-order valence-electron chi connectivity index (χ2n) is 8.13. The van der Waals surface area contributed by atoms with E-state index in [9.17, 15) is 4.79 Å². The molecule has 1 saturated heterocycles. The first-order valence-electron chi connectivity index (χ1n) is 8.80. The predicted molar refractivity (Wildman–Crippen MR) is 90.8 cm³/mol. The van der Waals surface area contributed by atoms with Crippen LogP contribution in [0, 0.1) is 11.8 Å². The summed E-state index contributed by atoms with van der Waals surface area (Å²) in [7, 11) is 0. The van der Waals surface area contributed by atoms with Crippen molar-refractivity contribution in [1.82, 2.24) is 9.62 Å². The number of carbonyl (C=O) groups is 1. The first kappa shape index (κ1) is 16.4. The van der Waals surface area contributed by atoms with Gasteiger partial charge in [-0.3, -0.25) is 0 Å². The van der Waals surface area contributed by atoms with Crippen LogP contribution in [-0.4, -0.2) is 40.4 Å². The van der Waals surface area contributed by atoms with Crippen molar-refractivity contribution in [1.29, 1.82) is 0 Å². The van der Waals surface area contributed by atoms with Gasteiger partial charge >= 0.3 is 6.09 Å². The summed E-state index contributed by atoms with van der Waals surface area (Å²) in [4.78, 5) is 11.9. The van der Waals surface area contributed by atoms with Gasteiger partial charge < -0.3 is 10.1 Å². The van der Waals surface area contributed by atoms with Gasteiger partial charge in [0.1, 0.15) is 5.60 Å². The Bertz CT molecular complexity index is 404. The van der Waals surface area contributed by atoms with Crippen molar-refractivity contribution in [2.75, 3.05) is 12.3 Å². The van der Waals surface area contributed by atoms with Crippen molar-refractivity contribution in [3.05, 3.63) is 0 Å². The van der Waals surface area contributed by atoms with Crippen LogP contribution >= 0.6 is 11.9 Å². The van der Waals surface area contributed by atoms with Gasteiger partial charge in [-0.15, -0.1) is 0 Å². The number of alkyl carbamates (subject to hydrolysis) is 1. The fourth-order valence-corrected chi connectivity index (χ4v) is 5.45. The van der Waals surface area contributed by atoms with Crippen LogP contribution < -0.4 is 5.32 Å². The zero-order chi connectivity index (χ0) is 15.7. The number of hydrogen-bond donors (Lipinski definition) is 1. The molecule has 4 nitrogen and oxygen atoms in total. The Hall–Kier alpha value is -0.420. The average molecular weight is 327 g/mol. The molecule has 0 aromatic carbocycles. The van der Waals surface area contributed by atoms with Crippen molar-refractivity contribution in [3.63, 3.8) is 0 Å². The van der Waals surface area contributed by atoms with E-state index in [-0.39, 0.29) is 6.09 Å². The van der Waals surface area contributed by atoms with E-state index in [4.69, 9.17) is 4.74 Å². The molecule has 1 N–H and O–H groups in total. The summed E-state index contributed by atoms with van der Waals surface area (Å²) in [6.45, 7) is 7.02. The van der Waals surface area contributed by atoms with Crippen LogP contribution in [0.25, 0.3) is 0 Å². The molecule has 1 amide bonds. The minimum Gasteiger partial charge on any atom is -0.444 e. The highest BCUT2D eigenvalue weighted by atomic mass is 32.2. The molecule has 3 rings (SSSR count). The minimum absolute atomic E-state index is 0.249. The highest BCUT2D eigenvalue weighted by Crippen LogP contribution is 2.46. The van der Waals surface area contributed by atoms with Gasteiger partial charge in [0.2, 0.25) is 0 Å². The molecule has 0 spiro atoms. The maximum atomic E-state index is 11.9. The first-order valence-corrected chi connectivity index (χ1v) is 9.74. The van der Waals surface area contributed by atoms with Crippen molar-refractivity contribution in [2.45, 2.75) is 77.0 Å². The standard InChI is InChI=1S/C17H30N2O2S/c1-17(2,3)21-16(20)18-14-6-5-12-10-15(11-13(12)9-14)19-7-4-8-22-19/h12-15H,4-11H2,1-3H3,(H,18,20). The minimum atomic E-state index is -0.410. The van der Waals surface area contributed by atoms with Gasteiger partial charge in [-0.05, 0) is 71.1 Å². The number of rotatable bonds is 2. The molecule has 4 unspecified atom stereocenters. The van der Waals surface area contributed by atoms with Crippen molar-refractivity contribution < 1.29 is 9.53 Å². The fourth-order valence-electron chi connectivity index (χ4n) is 4.32. The van der Waals surface area contributed by atoms with E-state index in [0.29, 0.717) is 6.04 Å². The Balaban J connectivity index is 1.48. The number of ether oxygens (including phenoxy) is 1.